The van der Waals surface area contributed by atoms with E-state index in [-0.39, 0.29) is 46.2 Å². The molecular weight excluding hydrogens is 250 g/mol. The quantitative estimate of drug-likeness (QED) is 0.470. The normalized spacial score (nSPS) is 9.41. The molecule has 0 aliphatic rings. The zero-order chi connectivity index (χ0) is 11.5. The average molecular weight is 259 g/mol. The molecule has 0 fully saturated rings. The summed E-state index contributed by atoms with van der Waals surface area (Å²) in [6.07, 6.45) is 0. The van der Waals surface area contributed by atoms with Gasteiger partial charge in [-0.25, -0.2) is 4.84 Å². The van der Waals surface area contributed by atoms with Gasteiger partial charge in [0.05, 0.1) is 5.56 Å². The van der Waals surface area contributed by atoms with Crippen molar-refractivity contribution in [3.63, 3.8) is 0 Å². The molecule has 6 heteroatoms. The van der Waals surface area contributed by atoms with Crippen LogP contribution < -0.4 is 0 Å². The summed E-state index contributed by atoms with van der Waals surface area (Å²) in [5.41, 5.74) is 0.190. The van der Waals surface area contributed by atoms with E-state index in [9.17, 15) is 14.9 Å². The Bertz CT molecular complexity index is 574. The van der Waals surface area contributed by atoms with Gasteiger partial charge in [-0.1, -0.05) is 36.4 Å². The van der Waals surface area contributed by atoms with Gasteiger partial charge in [0.25, 0.3) is 0 Å². The van der Waals surface area contributed by atoms with Crippen LogP contribution in [0.15, 0.2) is 42.5 Å². The summed E-state index contributed by atoms with van der Waals surface area (Å²) in [5, 5.41) is 10.4. The second kappa shape index (κ2) is 5.95. The molecule has 0 atom stereocenters. The standard InChI is InChI=1S/C11H7NO4.Ca.2H/c13-11(16-12(14)15)10-7-3-5-8-4-1-2-6-9(8)10;;;/h1-7H;;;/q;+2;2*-1. The molecule has 0 saturated heterocycles. The van der Waals surface area contributed by atoms with Crippen LogP contribution >= 0.6 is 0 Å². The van der Waals surface area contributed by atoms with Gasteiger partial charge in [-0.2, -0.15) is 0 Å². The van der Waals surface area contributed by atoms with Gasteiger partial charge >= 0.3 is 48.8 Å². The first-order valence-electron chi connectivity index (χ1n) is 4.53. The van der Waals surface area contributed by atoms with E-state index in [1.54, 1.807) is 18.2 Å². The second-order valence-electron chi connectivity index (χ2n) is 3.13. The van der Waals surface area contributed by atoms with Gasteiger partial charge in [-0.05, 0) is 16.8 Å². The molecule has 5 nitrogen and oxygen atoms in total. The molecule has 2 aromatic rings. The maximum Gasteiger partial charge on any atom is 2.00 e. The third-order valence-corrected chi connectivity index (χ3v) is 2.17. The topological polar surface area (TPSA) is 69.4 Å². The Labute approximate surface area is 129 Å². The number of nitrogens with zero attached hydrogens (tertiary/aromatic N) is 1. The van der Waals surface area contributed by atoms with Crippen LogP contribution in [0.1, 0.15) is 13.2 Å². The van der Waals surface area contributed by atoms with Gasteiger partial charge in [0.1, 0.15) is 0 Å². The maximum atomic E-state index is 11.4. The van der Waals surface area contributed by atoms with E-state index in [0.29, 0.717) is 5.39 Å². The van der Waals surface area contributed by atoms with Gasteiger partial charge in [-0.15, -0.1) is 10.1 Å². The van der Waals surface area contributed by atoms with E-state index in [2.05, 4.69) is 4.84 Å². The van der Waals surface area contributed by atoms with E-state index in [1.807, 2.05) is 18.2 Å². The Morgan fingerprint density at radius 1 is 1.18 bits per heavy atom. The summed E-state index contributed by atoms with van der Waals surface area (Å²) in [6, 6.07) is 12.1. The number of carbonyl (C=O) groups is 1. The molecule has 0 amide bonds. The minimum Gasteiger partial charge on any atom is -1.00 e. The molecule has 17 heavy (non-hydrogen) atoms. The van der Waals surface area contributed by atoms with E-state index in [4.69, 9.17) is 0 Å². The van der Waals surface area contributed by atoms with Crippen molar-refractivity contribution >= 4 is 54.5 Å². The number of fused-ring (bicyclic) bond motifs is 1. The zero-order valence-electron chi connectivity index (χ0n) is 10.8. The molecule has 0 aromatic heterocycles. The Hall–Kier alpha value is -1.17. The van der Waals surface area contributed by atoms with Crippen molar-refractivity contribution in [1.29, 1.82) is 0 Å². The van der Waals surface area contributed by atoms with Crippen molar-refractivity contribution in [1.82, 2.24) is 0 Å². The molecule has 0 saturated carbocycles. The summed E-state index contributed by atoms with van der Waals surface area (Å²) >= 11 is 0. The third-order valence-electron chi connectivity index (χ3n) is 2.17. The summed E-state index contributed by atoms with van der Waals surface area (Å²) in [5.74, 6) is -0.957. The Balaban J connectivity index is 0. The van der Waals surface area contributed by atoms with Gasteiger partial charge in [0.15, 0.2) is 0 Å². The van der Waals surface area contributed by atoms with E-state index >= 15 is 0 Å². The smallest absolute Gasteiger partial charge is 1.00 e. The largest absolute Gasteiger partial charge is 2.00 e. The number of rotatable bonds is 2. The summed E-state index contributed by atoms with van der Waals surface area (Å²) < 4.78 is 0. The van der Waals surface area contributed by atoms with Crippen LogP contribution in [0.3, 0.4) is 0 Å². The van der Waals surface area contributed by atoms with Crippen LogP contribution in [0, 0.1) is 10.1 Å². The summed E-state index contributed by atoms with van der Waals surface area (Å²) in [4.78, 5) is 25.4. The third kappa shape index (κ3) is 3.15. The van der Waals surface area contributed by atoms with Crippen LogP contribution in [0.4, 0.5) is 0 Å². The fourth-order valence-corrected chi connectivity index (χ4v) is 1.52. The second-order valence-corrected chi connectivity index (χ2v) is 3.13. The number of hydrogen-bond donors (Lipinski definition) is 0. The molecular formula is C11H9CaNO4. The van der Waals surface area contributed by atoms with Gasteiger partial charge in [0, 0.05) is 0 Å². The molecule has 0 aliphatic heterocycles. The van der Waals surface area contributed by atoms with Gasteiger partial charge < -0.3 is 2.85 Å². The Morgan fingerprint density at radius 2 is 1.82 bits per heavy atom. The SMILES string of the molecule is O=C(O[N+](=O)[O-])c1cccc2ccccc12.[Ca+2].[H-].[H-]. The predicted molar refractivity (Wildman–Crippen MR) is 64.3 cm³/mol. The van der Waals surface area contributed by atoms with Crippen LogP contribution in [-0.2, 0) is 4.84 Å². The molecule has 0 spiro atoms. The van der Waals surface area contributed by atoms with Crippen LogP contribution in [0.5, 0.6) is 0 Å². The predicted octanol–water partition coefficient (Wildman–Crippen LogP) is 2.03. The molecule has 0 radical (unpaired) electrons. The van der Waals surface area contributed by atoms with Crippen LogP contribution in [0.2, 0.25) is 0 Å². The summed E-state index contributed by atoms with van der Waals surface area (Å²) in [7, 11) is 0. The molecule has 2 aromatic carbocycles. The van der Waals surface area contributed by atoms with Crippen molar-refractivity contribution in [3.8, 4) is 0 Å². The number of hydrogen-bond acceptors (Lipinski definition) is 4. The van der Waals surface area contributed by atoms with Crippen LogP contribution in [-0.4, -0.2) is 48.8 Å². The zero-order valence-corrected chi connectivity index (χ0v) is 11.0. The molecule has 0 heterocycles. The van der Waals surface area contributed by atoms with Crippen molar-refractivity contribution in [2.75, 3.05) is 0 Å². The molecule has 0 aliphatic carbocycles. The van der Waals surface area contributed by atoms with Crippen molar-refractivity contribution in [2.45, 2.75) is 0 Å². The minimum atomic E-state index is -1.11. The first-order chi connectivity index (χ1) is 7.68. The van der Waals surface area contributed by atoms with Crippen molar-refractivity contribution < 1.29 is 17.6 Å². The maximum absolute atomic E-state index is 11.4. The van der Waals surface area contributed by atoms with Gasteiger partial charge in [0.2, 0.25) is 0 Å². The van der Waals surface area contributed by atoms with Crippen molar-refractivity contribution in [3.05, 3.63) is 58.1 Å². The fourth-order valence-electron chi connectivity index (χ4n) is 1.52. The fraction of sp³-hybridized carbons (Fsp3) is 0. The molecule has 2 rings (SSSR count). The van der Waals surface area contributed by atoms with E-state index in [0.717, 1.165) is 5.39 Å². The Morgan fingerprint density at radius 3 is 2.53 bits per heavy atom. The number of benzene rings is 2. The van der Waals surface area contributed by atoms with E-state index in [1.165, 1.54) is 6.07 Å². The molecule has 0 bridgehead atoms. The first-order valence-corrected chi connectivity index (χ1v) is 4.53. The summed E-state index contributed by atoms with van der Waals surface area (Å²) in [6.45, 7) is 0. The van der Waals surface area contributed by atoms with Crippen molar-refractivity contribution in [2.24, 2.45) is 0 Å². The minimum absolute atomic E-state index is 0. The van der Waals surface area contributed by atoms with E-state index < -0.39 is 11.1 Å². The first kappa shape index (κ1) is 13.9. The Kier molecular flexibility index (Phi) is 4.86. The average Bonchev–Trinajstić information content (AvgIpc) is 2.27. The number of carbonyl (C=O) groups excluding carboxylic acids is 1. The van der Waals surface area contributed by atoms with Gasteiger partial charge in [-0.3, -0.25) is 4.79 Å². The molecule has 0 N–H and O–H groups in total. The van der Waals surface area contributed by atoms with Crippen LogP contribution in [0.25, 0.3) is 10.8 Å². The monoisotopic (exact) mass is 259 g/mol. The molecule has 0 unspecified atom stereocenters. The molecule has 84 valence electrons.